The Kier molecular flexibility index (Phi) is 5.96. The molecule has 0 radical (unpaired) electrons. The van der Waals surface area contributed by atoms with Gasteiger partial charge in [0.05, 0.1) is 15.6 Å². The fourth-order valence-corrected chi connectivity index (χ4v) is 2.22. The van der Waals surface area contributed by atoms with Crippen molar-refractivity contribution >= 4 is 40.5 Å². The maximum Gasteiger partial charge on any atom is 0.416 e. The molecule has 0 aliphatic rings. The lowest BCUT2D eigenvalue weighted by Gasteiger charge is -2.11. The maximum absolute atomic E-state index is 12.6. The standard InChI is InChI=1S/C16H13Cl2F3N2O/c17-13-5-4-12(9-14(13)18)23-15(24)6-7-22-11-3-1-2-10(8-11)16(19,20)21/h1-5,8-9,22H,6-7H2,(H,23,24). The van der Waals surface area contributed by atoms with Crippen LogP contribution in [0.15, 0.2) is 42.5 Å². The van der Waals surface area contributed by atoms with E-state index in [4.69, 9.17) is 23.2 Å². The summed E-state index contributed by atoms with van der Waals surface area (Å²) >= 11 is 11.6. The predicted molar refractivity (Wildman–Crippen MR) is 89.6 cm³/mol. The van der Waals surface area contributed by atoms with Crippen molar-refractivity contribution in [2.75, 3.05) is 17.2 Å². The fraction of sp³-hybridized carbons (Fsp3) is 0.188. The highest BCUT2D eigenvalue weighted by Gasteiger charge is 2.30. The van der Waals surface area contributed by atoms with Crippen LogP contribution in [0.2, 0.25) is 10.0 Å². The molecule has 128 valence electrons. The molecular formula is C16H13Cl2F3N2O. The van der Waals surface area contributed by atoms with Gasteiger partial charge in [0.15, 0.2) is 0 Å². The van der Waals surface area contributed by atoms with Crippen molar-refractivity contribution in [2.24, 2.45) is 0 Å². The number of benzene rings is 2. The third-order valence-electron chi connectivity index (χ3n) is 3.07. The molecule has 3 nitrogen and oxygen atoms in total. The lowest BCUT2D eigenvalue weighted by molar-refractivity contribution is -0.137. The van der Waals surface area contributed by atoms with Gasteiger partial charge in [-0.3, -0.25) is 4.79 Å². The van der Waals surface area contributed by atoms with E-state index in [9.17, 15) is 18.0 Å². The first-order valence-electron chi connectivity index (χ1n) is 6.92. The van der Waals surface area contributed by atoms with Crippen molar-refractivity contribution in [1.82, 2.24) is 0 Å². The Bertz CT molecular complexity index is 736. The second-order valence-corrected chi connectivity index (χ2v) is 5.75. The Hall–Kier alpha value is -1.92. The maximum atomic E-state index is 12.6. The molecule has 8 heteroatoms. The van der Waals surface area contributed by atoms with Crippen LogP contribution in [0.1, 0.15) is 12.0 Å². The van der Waals surface area contributed by atoms with Gasteiger partial charge in [0, 0.05) is 24.3 Å². The van der Waals surface area contributed by atoms with Gasteiger partial charge >= 0.3 is 6.18 Å². The van der Waals surface area contributed by atoms with Crippen LogP contribution in [0.5, 0.6) is 0 Å². The first kappa shape index (κ1) is 18.4. The quantitative estimate of drug-likeness (QED) is 0.727. The zero-order valence-electron chi connectivity index (χ0n) is 12.3. The molecule has 2 aromatic carbocycles. The average molecular weight is 377 g/mol. The molecule has 0 fully saturated rings. The number of rotatable bonds is 5. The van der Waals surface area contributed by atoms with Gasteiger partial charge in [0.1, 0.15) is 0 Å². The first-order chi connectivity index (χ1) is 11.3. The van der Waals surface area contributed by atoms with E-state index in [1.165, 1.54) is 18.2 Å². The van der Waals surface area contributed by atoms with Crippen molar-refractivity contribution in [3.05, 3.63) is 58.1 Å². The van der Waals surface area contributed by atoms with Crippen LogP contribution in [0.3, 0.4) is 0 Å². The van der Waals surface area contributed by atoms with Crippen molar-refractivity contribution in [1.29, 1.82) is 0 Å². The van der Waals surface area contributed by atoms with Crippen molar-refractivity contribution in [3.8, 4) is 0 Å². The molecule has 0 saturated heterocycles. The number of amides is 1. The molecule has 24 heavy (non-hydrogen) atoms. The Morgan fingerprint density at radius 3 is 2.42 bits per heavy atom. The molecule has 0 saturated carbocycles. The summed E-state index contributed by atoms with van der Waals surface area (Å²) in [6.07, 6.45) is -4.32. The van der Waals surface area contributed by atoms with Crippen LogP contribution >= 0.6 is 23.2 Å². The molecule has 0 bridgehead atoms. The van der Waals surface area contributed by atoms with Gasteiger partial charge in [0.2, 0.25) is 5.91 Å². The summed E-state index contributed by atoms with van der Waals surface area (Å²) in [6.45, 7) is 0.189. The van der Waals surface area contributed by atoms with Crippen molar-refractivity contribution in [2.45, 2.75) is 12.6 Å². The molecule has 0 aromatic heterocycles. The molecule has 0 unspecified atom stereocenters. The fourth-order valence-electron chi connectivity index (χ4n) is 1.92. The smallest absolute Gasteiger partial charge is 0.385 e. The Labute approximate surface area is 146 Å². The molecule has 2 N–H and O–H groups in total. The third kappa shape index (κ3) is 5.32. The van der Waals surface area contributed by atoms with Crippen LogP contribution in [-0.4, -0.2) is 12.5 Å². The number of hydrogen-bond acceptors (Lipinski definition) is 2. The summed E-state index contributed by atoms with van der Waals surface area (Å²) in [5.41, 5.74) is 0.0494. The molecule has 1 amide bonds. The second kappa shape index (κ2) is 7.77. The highest BCUT2D eigenvalue weighted by molar-refractivity contribution is 6.42. The van der Waals surface area contributed by atoms with E-state index >= 15 is 0 Å². The van der Waals surface area contributed by atoms with Gasteiger partial charge in [-0.25, -0.2) is 0 Å². The van der Waals surface area contributed by atoms with Crippen LogP contribution in [0.4, 0.5) is 24.5 Å². The third-order valence-corrected chi connectivity index (χ3v) is 3.81. The van der Waals surface area contributed by atoms with Gasteiger partial charge in [-0.15, -0.1) is 0 Å². The molecule has 2 aromatic rings. The van der Waals surface area contributed by atoms with Gasteiger partial charge in [-0.05, 0) is 36.4 Å². The minimum atomic E-state index is -4.40. The minimum absolute atomic E-state index is 0.0799. The number of alkyl halides is 3. The average Bonchev–Trinajstić information content (AvgIpc) is 2.50. The molecule has 0 heterocycles. The van der Waals surface area contributed by atoms with E-state index in [2.05, 4.69) is 10.6 Å². The summed E-state index contributed by atoms with van der Waals surface area (Å²) in [7, 11) is 0. The summed E-state index contributed by atoms with van der Waals surface area (Å²) < 4.78 is 37.8. The van der Waals surface area contributed by atoms with Gasteiger partial charge in [-0.2, -0.15) is 13.2 Å². The topological polar surface area (TPSA) is 41.1 Å². The normalized spacial score (nSPS) is 11.2. The lowest BCUT2D eigenvalue weighted by Crippen LogP contribution is -2.16. The zero-order valence-corrected chi connectivity index (χ0v) is 13.8. The number of carbonyl (C=O) groups is 1. The summed E-state index contributed by atoms with van der Waals surface area (Å²) in [5, 5.41) is 6.11. The van der Waals surface area contributed by atoms with Crippen LogP contribution < -0.4 is 10.6 Å². The monoisotopic (exact) mass is 376 g/mol. The Balaban J connectivity index is 1.85. The van der Waals surface area contributed by atoms with Gasteiger partial charge < -0.3 is 10.6 Å². The zero-order chi connectivity index (χ0) is 17.7. The van der Waals surface area contributed by atoms with E-state index in [-0.39, 0.29) is 18.9 Å². The van der Waals surface area contributed by atoms with Crippen molar-refractivity contribution in [3.63, 3.8) is 0 Å². The van der Waals surface area contributed by atoms with E-state index in [0.29, 0.717) is 21.4 Å². The van der Waals surface area contributed by atoms with E-state index in [1.807, 2.05) is 0 Å². The molecule has 2 rings (SSSR count). The summed E-state index contributed by atoms with van der Waals surface area (Å²) in [5.74, 6) is -0.298. The van der Waals surface area contributed by atoms with E-state index in [0.717, 1.165) is 12.1 Å². The summed E-state index contributed by atoms with van der Waals surface area (Å²) in [6, 6.07) is 9.47. The van der Waals surface area contributed by atoms with Crippen LogP contribution in [0.25, 0.3) is 0 Å². The highest BCUT2D eigenvalue weighted by atomic mass is 35.5. The molecule has 0 atom stereocenters. The molecule has 0 aliphatic carbocycles. The lowest BCUT2D eigenvalue weighted by atomic mass is 10.2. The number of halogens is 5. The molecular weight excluding hydrogens is 364 g/mol. The Morgan fingerprint density at radius 2 is 1.75 bits per heavy atom. The number of anilines is 2. The second-order valence-electron chi connectivity index (χ2n) is 4.93. The first-order valence-corrected chi connectivity index (χ1v) is 7.67. The van der Waals surface area contributed by atoms with Crippen LogP contribution in [0, 0.1) is 0 Å². The SMILES string of the molecule is O=C(CCNc1cccc(C(F)(F)F)c1)Nc1ccc(Cl)c(Cl)c1. The molecule has 0 aliphatic heterocycles. The predicted octanol–water partition coefficient (Wildman–Crippen LogP) is 5.45. The number of hydrogen-bond donors (Lipinski definition) is 2. The van der Waals surface area contributed by atoms with E-state index in [1.54, 1.807) is 12.1 Å². The van der Waals surface area contributed by atoms with Crippen LogP contribution in [-0.2, 0) is 11.0 Å². The van der Waals surface area contributed by atoms with Crippen molar-refractivity contribution < 1.29 is 18.0 Å². The number of nitrogens with one attached hydrogen (secondary N) is 2. The number of carbonyl (C=O) groups excluding carboxylic acids is 1. The van der Waals surface area contributed by atoms with Gasteiger partial charge in [-0.1, -0.05) is 29.3 Å². The highest BCUT2D eigenvalue weighted by Crippen LogP contribution is 2.30. The largest absolute Gasteiger partial charge is 0.416 e. The minimum Gasteiger partial charge on any atom is -0.385 e. The molecule has 0 spiro atoms. The Morgan fingerprint density at radius 1 is 1.00 bits per heavy atom. The summed E-state index contributed by atoms with van der Waals surface area (Å²) in [4.78, 5) is 11.8. The van der Waals surface area contributed by atoms with Gasteiger partial charge in [0.25, 0.3) is 0 Å². The van der Waals surface area contributed by atoms with E-state index < -0.39 is 11.7 Å².